The molecular weight excluding hydrogens is 252 g/mol. The molecule has 0 heterocycles. The molecule has 0 aliphatic heterocycles. The fraction of sp³-hybridized carbons (Fsp3) is 0.385. The van der Waals surface area contributed by atoms with Gasteiger partial charge in [-0.25, -0.2) is 9.59 Å². The second-order valence-electron chi connectivity index (χ2n) is 3.82. The van der Waals surface area contributed by atoms with Crippen LogP contribution in [-0.4, -0.2) is 35.4 Å². The van der Waals surface area contributed by atoms with Crippen LogP contribution in [0.1, 0.15) is 29.3 Å². The van der Waals surface area contributed by atoms with E-state index >= 15 is 0 Å². The van der Waals surface area contributed by atoms with Gasteiger partial charge in [0.2, 0.25) is 0 Å². The maximum Gasteiger partial charge on any atom is 0.344 e. The Morgan fingerprint density at radius 3 is 2.53 bits per heavy atom. The molecule has 0 aromatic heterocycles. The molecule has 0 bridgehead atoms. The van der Waals surface area contributed by atoms with Gasteiger partial charge in [-0.1, -0.05) is 13.0 Å². The molecular formula is C13H16O6. The van der Waals surface area contributed by atoms with E-state index in [9.17, 15) is 9.59 Å². The molecule has 1 aromatic carbocycles. The van der Waals surface area contributed by atoms with Crippen molar-refractivity contribution in [3.63, 3.8) is 0 Å². The van der Waals surface area contributed by atoms with Crippen LogP contribution in [0.15, 0.2) is 18.2 Å². The zero-order chi connectivity index (χ0) is 14.4. The van der Waals surface area contributed by atoms with Crippen molar-refractivity contribution in [1.29, 1.82) is 0 Å². The van der Waals surface area contributed by atoms with E-state index in [1.54, 1.807) is 6.92 Å². The van der Waals surface area contributed by atoms with E-state index in [0.29, 0.717) is 12.0 Å². The molecule has 0 saturated carbocycles. The second kappa shape index (κ2) is 6.75. The molecule has 19 heavy (non-hydrogen) atoms. The first-order chi connectivity index (χ1) is 9.03. The van der Waals surface area contributed by atoms with Crippen molar-refractivity contribution < 1.29 is 29.3 Å². The van der Waals surface area contributed by atoms with Gasteiger partial charge in [0.1, 0.15) is 5.75 Å². The first kappa shape index (κ1) is 15.0. The molecule has 1 unspecified atom stereocenters. The van der Waals surface area contributed by atoms with Crippen LogP contribution in [0.3, 0.4) is 0 Å². The molecule has 0 aliphatic carbocycles. The minimum atomic E-state index is -1.08. The van der Waals surface area contributed by atoms with Gasteiger partial charge in [0.15, 0.2) is 6.10 Å². The lowest BCUT2D eigenvalue weighted by Crippen LogP contribution is -2.26. The van der Waals surface area contributed by atoms with Crippen LogP contribution < -0.4 is 4.74 Å². The van der Waals surface area contributed by atoms with Gasteiger partial charge in [-0.3, -0.25) is 0 Å². The average molecular weight is 268 g/mol. The summed E-state index contributed by atoms with van der Waals surface area (Å²) in [6.45, 7) is 1.36. The lowest BCUT2D eigenvalue weighted by Gasteiger charge is -2.14. The van der Waals surface area contributed by atoms with Crippen LogP contribution in [0.2, 0.25) is 0 Å². The predicted molar refractivity (Wildman–Crippen MR) is 66.0 cm³/mol. The summed E-state index contributed by atoms with van der Waals surface area (Å²) >= 11 is 0. The molecule has 0 fully saturated rings. The summed E-state index contributed by atoms with van der Waals surface area (Å²) in [5.74, 6) is -1.45. The number of carboxylic acids is 1. The molecule has 2 N–H and O–H groups in total. The van der Waals surface area contributed by atoms with Gasteiger partial charge in [0.05, 0.1) is 19.3 Å². The highest BCUT2D eigenvalue weighted by atomic mass is 16.5. The highest BCUT2D eigenvalue weighted by Gasteiger charge is 2.19. The van der Waals surface area contributed by atoms with Gasteiger partial charge in [-0.2, -0.15) is 0 Å². The fourth-order valence-corrected chi connectivity index (χ4v) is 1.54. The summed E-state index contributed by atoms with van der Waals surface area (Å²) in [5.41, 5.74) is 0.547. The number of rotatable bonds is 6. The van der Waals surface area contributed by atoms with Crippen molar-refractivity contribution in [3.8, 4) is 5.75 Å². The van der Waals surface area contributed by atoms with Crippen molar-refractivity contribution in [1.82, 2.24) is 0 Å². The zero-order valence-corrected chi connectivity index (χ0v) is 10.8. The first-order valence-electron chi connectivity index (χ1n) is 5.75. The number of aliphatic hydroxyl groups excluding tert-OH is 1. The molecule has 0 saturated heterocycles. The van der Waals surface area contributed by atoms with Crippen LogP contribution in [0.25, 0.3) is 0 Å². The van der Waals surface area contributed by atoms with Gasteiger partial charge in [0, 0.05) is 0 Å². The topological polar surface area (TPSA) is 93.1 Å². The highest BCUT2D eigenvalue weighted by molar-refractivity contribution is 5.91. The van der Waals surface area contributed by atoms with Crippen molar-refractivity contribution in [2.45, 2.75) is 26.1 Å². The largest absolute Gasteiger partial charge is 0.479 e. The third-order valence-electron chi connectivity index (χ3n) is 2.58. The Labute approximate surface area is 110 Å². The summed E-state index contributed by atoms with van der Waals surface area (Å²) < 4.78 is 9.86. The number of carboxylic acid groups (broad SMARTS) is 1. The summed E-state index contributed by atoms with van der Waals surface area (Å²) in [5, 5.41) is 18.0. The number of aliphatic hydroxyl groups is 1. The smallest absolute Gasteiger partial charge is 0.344 e. The quantitative estimate of drug-likeness (QED) is 0.753. The van der Waals surface area contributed by atoms with Gasteiger partial charge < -0.3 is 19.7 Å². The lowest BCUT2D eigenvalue weighted by molar-refractivity contribution is -0.145. The van der Waals surface area contributed by atoms with Gasteiger partial charge >= 0.3 is 11.9 Å². The number of esters is 1. The van der Waals surface area contributed by atoms with Crippen LogP contribution in [-0.2, 0) is 16.1 Å². The molecule has 1 atom stereocenters. The normalized spacial score (nSPS) is 11.7. The Morgan fingerprint density at radius 1 is 1.37 bits per heavy atom. The van der Waals surface area contributed by atoms with E-state index in [-0.39, 0.29) is 17.9 Å². The van der Waals surface area contributed by atoms with Crippen molar-refractivity contribution >= 4 is 11.9 Å². The maximum absolute atomic E-state index is 11.5. The molecule has 6 heteroatoms. The Kier molecular flexibility index (Phi) is 5.32. The first-order valence-corrected chi connectivity index (χ1v) is 5.75. The van der Waals surface area contributed by atoms with E-state index < -0.39 is 18.0 Å². The molecule has 1 aromatic rings. The number of benzene rings is 1. The molecule has 0 amide bonds. The number of aliphatic carboxylic acids is 1. The fourth-order valence-electron chi connectivity index (χ4n) is 1.54. The molecule has 0 radical (unpaired) electrons. The lowest BCUT2D eigenvalue weighted by atomic mass is 10.1. The summed E-state index contributed by atoms with van der Waals surface area (Å²) in [6.07, 6.45) is -0.685. The Balaban J connectivity index is 3.04. The number of ether oxygens (including phenoxy) is 2. The second-order valence-corrected chi connectivity index (χ2v) is 3.82. The molecule has 104 valence electrons. The van der Waals surface area contributed by atoms with E-state index in [4.69, 9.17) is 14.9 Å². The van der Waals surface area contributed by atoms with Crippen molar-refractivity contribution in [3.05, 3.63) is 29.3 Å². The van der Waals surface area contributed by atoms with E-state index in [0.717, 1.165) is 0 Å². The standard InChI is InChI=1S/C13H16O6/c1-3-11(12(15)16)19-9-5-4-8(7-14)10(6-9)13(17)18-2/h4-6,11,14H,3,7H2,1-2H3,(H,15,16). The number of carbonyl (C=O) groups excluding carboxylic acids is 1. The molecule has 0 aliphatic rings. The SMILES string of the molecule is CCC(Oc1ccc(CO)c(C(=O)OC)c1)C(=O)O. The zero-order valence-electron chi connectivity index (χ0n) is 10.8. The average Bonchev–Trinajstić information content (AvgIpc) is 2.43. The van der Waals surface area contributed by atoms with Crippen molar-refractivity contribution in [2.24, 2.45) is 0 Å². The third kappa shape index (κ3) is 3.69. The van der Waals surface area contributed by atoms with E-state index in [1.165, 1.54) is 25.3 Å². The maximum atomic E-state index is 11.5. The van der Waals surface area contributed by atoms with Gasteiger partial charge in [0.25, 0.3) is 0 Å². The number of carbonyl (C=O) groups is 2. The third-order valence-corrected chi connectivity index (χ3v) is 2.58. The van der Waals surface area contributed by atoms with Crippen LogP contribution >= 0.6 is 0 Å². The summed E-state index contributed by atoms with van der Waals surface area (Å²) in [6, 6.07) is 4.36. The highest BCUT2D eigenvalue weighted by Crippen LogP contribution is 2.20. The monoisotopic (exact) mass is 268 g/mol. The Morgan fingerprint density at radius 2 is 2.05 bits per heavy atom. The summed E-state index contributed by atoms with van der Waals surface area (Å²) in [7, 11) is 1.23. The van der Waals surface area contributed by atoms with Gasteiger partial charge in [-0.05, 0) is 24.1 Å². The minimum absolute atomic E-state index is 0.155. The van der Waals surface area contributed by atoms with Crippen LogP contribution in [0.5, 0.6) is 5.75 Å². The van der Waals surface area contributed by atoms with Crippen LogP contribution in [0, 0.1) is 0 Å². The minimum Gasteiger partial charge on any atom is -0.479 e. The molecule has 0 spiro atoms. The number of hydrogen-bond acceptors (Lipinski definition) is 5. The Bertz CT molecular complexity index is 468. The van der Waals surface area contributed by atoms with Gasteiger partial charge in [-0.15, -0.1) is 0 Å². The molecule has 6 nitrogen and oxygen atoms in total. The molecule has 1 rings (SSSR count). The number of hydrogen-bond donors (Lipinski definition) is 2. The van der Waals surface area contributed by atoms with E-state index in [1.807, 2.05) is 0 Å². The van der Waals surface area contributed by atoms with Crippen LogP contribution in [0.4, 0.5) is 0 Å². The predicted octanol–water partition coefficient (Wildman–Crippen LogP) is 1.21. The summed E-state index contributed by atoms with van der Waals surface area (Å²) in [4.78, 5) is 22.4. The Hall–Kier alpha value is -2.08. The van der Waals surface area contributed by atoms with E-state index in [2.05, 4.69) is 4.74 Å². The number of methoxy groups -OCH3 is 1. The van der Waals surface area contributed by atoms with Crippen molar-refractivity contribution in [2.75, 3.05) is 7.11 Å².